The van der Waals surface area contributed by atoms with Crippen molar-refractivity contribution >= 4 is 40.1 Å². The number of hydrogen-bond acceptors (Lipinski definition) is 5. The molecule has 134 valence electrons. The van der Waals surface area contributed by atoms with Gasteiger partial charge in [0.1, 0.15) is 17.1 Å². The lowest BCUT2D eigenvalue weighted by atomic mass is 9.73. The summed E-state index contributed by atoms with van der Waals surface area (Å²) < 4.78 is 0. The van der Waals surface area contributed by atoms with Crippen molar-refractivity contribution in [2.24, 2.45) is 11.7 Å². The molecule has 8 nitrogen and oxygen atoms in total. The first kappa shape index (κ1) is 17.4. The lowest BCUT2D eigenvalue weighted by Gasteiger charge is -2.36. The molecule has 9 heteroatoms. The van der Waals surface area contributed by atoms with Crippen LogP contribution in [0.15, 0.2) is 11.4 Å². The number of urea groups is 1. The SMILES string of the molecule is C[C@H]1CCCC[C@]12NC(=O)N(CC(=O)Nc1sccc1C(N)=O)C2=O. The Morgan fingerprint density at radius 3 is 2.88 bits per heavy atom. The number of thiophene rings is 1. The highest BCUT2D eigenvalue weighted by molar-refractivity contribution is 7.14. The predicted molar refractivity (Wildman–Crippen MR) is 92.1 cm³/mol. The minimum absolute atomic E-state index is 0.0320. The van der Waals surface area contributed by atoms with Crippen LogP contribution in [-0.4, -0.2) is 40.7 Å². The Morgan fingerprint density at radius 2 is 2.20 bits per heavy atom. The standard InChI is InChI=1S/C16H20N4O4S/c1-9-4-2-3-6-16(9)14(23)20(15(24)19-16)8-11(21)18-13-10(12(17)22)5-7-25-13/h5,7,9H,2-4,6,8H2,1H3,(H2,17,22)(H,18,21)(H,19,24)/t9-,16-/m0/s1. The van der Waals surface area contributed by atoms with Gasteiger partial charge in [0, 0.05) is 0 Å². The molecule has 1 spiro atoms. The van der Waals surface area contributed by atoms with Gasteiger partial charge < -0.3 is 16.4 Å². The lowest BCUT2D eigenvalue weighted by Crippen LogP contribution is -2.54. The predicted octanol–water partition coefficient (Wildman–Crippen LogP) is 1.29. The number of primary amides is 1. The summed E-state index contributed by atoms with van der Waals surface area (Å²) in [5, 5.41) is 7.28. The first-order valence-corrected chi connectivity index (χ1v) is 9.04. The molecule has 2 aliphatic rings. The van der Waals surface area contributed by atoms with Crippen LogP contribution in [0.2, 0.25) is 0 Å². The van der Waals surface area contributed by atoms with E-state index in [1.165, 1.54) is 6.07 Å². The number of nitrogens with zero attached hydrogens (tertiary/aromatic N) is 1. The molecule has 1 aliphatic carbocycles. The van der Waals surface area contributed by atoms with Crippen molar-refractivity contribution in [3.05, 3.63) is 17.0 Å². The number of rotatable bonds is 4. The molecule has 0 unspecified atom stereocenters. The number of carbonyl (C=O) groups excluding carboxylic acids is 4. The van der Waals surface area contributed by atoms with Crippen molar-refractivity contribution in [1.29, 1.82) is 0 Å². The number of hydrogen-bond donors (Lipinski definition) is 3. The second kappa shape index (κ2) is 6.47. The molecule has 0 bridgehead atoms. The van der Waals surface area contributed by atoms with Gasteiger partial charge >= 0.3 is 6.03 Å². The van der Waals surface area contributed by atoms with E-state index in [0.29, 0.717) is 11.4 Å². The Labute approximate surface area is 148 Å². The molecule has 1 saturated carbocycles. The summed E-state index contributed by atoms with van der Waals surface area (Å²) in [4.78, 5) is 49.6. The van der Waals surface area contributed by atoms with E-state index in [9.17, 15) is 19.2 Å². The van der Waals surface area contributed by atoms with Crippen molar-refractivity contribution in [2.75, 3.05) is 11.9 Å². The summed E-state index contributed by atoms with van der Waals surface area (Å²) in [5.74, 6) is -1.51. The normalized spacial score (nSPS) is 26.0. The van der Waals surface area contributed by atoms with Crippen LogP contribution in [0.25, 0.3) is 0 Å². The lowest BCUT2D eigenvalue weighted by molar-refractivity contribution is -0.136. The molecule has 4 N–H and O–H groups in total. The van der Waals surface area contributed by atoms with E-state index >= 15 is 0 Å². The molecule has 2 atom stereocenters. The quantitative estimate of drug-likeness (QED) is 0.697. The van der Waals surface area contributed by atoms with Crippen LogP contribution in [0.3, 0.4) is 0 Å². The van der Waals surface area contributed by atoms with Gasteiger partial charge in [0.2, 0.25) is 5.91 Å². The Hall–Kier alpha value is -2.42. The van der Waals surface area contributed by atoms with Crippen molar-refractivity contribution < 1.29 is 19.2 Å². The summed E-state index contributed by atoms with van der Waals surface area (Å²) in [6.45, 7) is 1.56. The maximum absolute atomic E-state index is 12.8. The summed E-state index contributed by atoms with van der Waals surface area (Å²) in [6.07, 6.45) is 3.35. The third-order valence-electron chi connectivity index (χ3n) is 4.99. The smallest absolute Gasteiger partial charge is 0.325 e. The Kier molecular flexibility index (Phi) is 4.51. The van der Waals surface area contributed by atoms with Crippen LogP contribution < -0.4 is 16.4 Å². The second-order valence-corrected chi connectivity index (χ2v) is 7.43. The topological polar surface area (TPSA) is 122 Å². The monoisotopic (exact) mass is 364 g/mol. The zero-order chi connectivity index (χ0) is 18.2. The highest BCUT2D eigenvalue weighted by atomic mass is 32.1. The highest BCUT2D eigenvalue weighted by Crippen LogP contribution is 2.38. The molecule has 1 saturated heterocycles. The van der Waals surface area contributed by atoms with Crippen LogP contribution in [0.4, 0.5) is 9.80 Å². The van der Waals surface area contributed by atoms with Crippen LogP contribution in [0.5, 0.6) is 0 Å². The van der Waals surface area contributed by atoms with Crippen LogP contribution in [0.1, 0.15) is 43.0 Å². The molecule has 0 aromatic carbocycles. The first-order chi connectivity index (χ1) is 11.8. The molecule has 25 heavy (non-hydrogen) atoms. The highest BCUT2D eigenvalue weighted by Gasteiger charge is 2.55. The first-order valence-electron chi connectivity index (χ1n) is 8.16. The van der Waals surface area contributed by atoms with E-state index < -0.39 is 29.9 Å². The Morgan fingerprint density at radius 1 is 1.44 bits per heavy atom. The van der Waals surface area contributed by atoms with E-state index in [0.717, 1.165) is 35.5 Å². The fourth-order valence-electron chi connectivity index (χ4n) is 3.55. The average Bonchev–Trinajstić information content (AvgIpc) is 3.10. The van der Waals surface area contributed by atoms with Gasteiger partial charge in [-0.25, -0.2) is 4.79 Å². The maximum atomic E-state index is 12.8. The van der Waals surface area contributed by atoms with Crippen molar-refractivity contribution in [3.8, 4) is 0 Å². The minimum Gasteiger partial charge on any atom is -0.366 e. The van der Waals surface area contributed by atoms with Gasteiger partial charge in [-0.3, -0.25) is 19.3 Å². The molecular weight excluding hydrogens is 344 g/mol. The number of amides is 5. The minimum atomic E-state index is -0.892. The maximum Gasteiger partial charge on any atom is 0.325 e. The molecule has 0 radical (unpaired) electrons. The molecular formula is C16H20N4O4S. The third kappa shape index (κ3) is 2.99. The largest absolute Gasteiger partial charge is 0.366 e. The van der Waals surface area contributed by atoms with E-state index in [4.69, 9.17) is 5.73 Å². The molecule has 1 aromatic heterocycles. The molecule has 1 aliphatic heterocycles. The molecule has 2 fully saturated rings. The summed E-state index contributed by atoms with van der Waals surface area (Å²) in [7, 11) is 0. The van der Waals surface area contributed by atoms with Gasteiger partial charge in [0.15, 0.2) is 0 Å². The number of nitrogens with two attached hydrogens (primary N) is 1. The van der Waals surface area contributed by atoms with Crippen molar-refractivity contribution in [1.82, 2.24) is 10.2 Å². The van der Waals surface area contributed by atoms with Gasteiger partial charge in [0.05, 0.1) is 5.56 Å². The fourth-order valence-corrected chi connectivity index (χ4v) is 4.36. The van der Waals surface area contributed by atoms with E-state index in [2.05, 4.69) is 10.6 Å². The summed E-state index contributed by atoms with van der Waals surface area (Å²) >= 11 is 1.15. The molecule has 2 heterocycles. The average molecular weight is 364 g/mol. The summed E-state index contributed by atoms with van der Waals surface area (Å²) in [6, 6.07) is 0.963. The zero-order valence-corrected chi connectivity index (χ0v) is 14.6. The van der Waals surface area contributed by atoms with Crippen molar-refractivity contribution in [2.45, 2.75) is 38.1 Å². The molecule has 1 aromatic rings. The van der Waals surface area contributed by atoms with E-state index in [1.54, 1.807) is 5.38 Å². The van der Waals surface area contributed by atoms with Gasteiger partial charge in [-0.05, 0) is 30.2 Å². The van der Waals surface area contributed by atoms with Crippen LogP contribution >= 0.6 is 11.3 Å². The summed E-state index contributed by atoms with van der Waals surface area (Å²) in [5.41, 5.74) is 4.55. The van der Waals surface area contributed by atoms with Crippen molar-refractivity contribution in [3.63, 3.8) is 0 Å². The number of carbonyl (C=O) groups is 4. The van der Waals surface area contributed by atoms with Gasteiger partial charge in [-0.1, -0.05) is 19.8 Å². The van der Waals surface area contributed by atoms with Gasteiger partial charge in [0.25, 0.3) is 11.8 Å². The third-order valence-corrected chi connectivity index (χ3v) is 5.82. The van der Waals surface area contributed by atoms with Crippen LogP contribution in [0, 0.1) is 5.92 Å². The number of imide groups is 1. The number of nitrogens with one attached hydrogen (secondary N) is 2. The molecule has 5 amide bonds. The second-order valence-electron chi connectivity index (χ2n) is 6.52. The van der Waals surface area contributed by atoms with E-state index in [1.807, 2.05) is 6.92 Å². The zero-order valence-electron chi connectivity index (χ0n) is 13.8. The van der Waals surface area contributed by atoms with Gasteiger partial charge in [-0.15, -0.1) is 11.3 Å². The Balaban J connectivity index is 1.71. The molecule has 3 rings (SSSR count). The number of anilines is 1. The van der Waals surface area contributed by atoms with E-state index in [-0.39, 0.29) is 17.4 Å². The van der Waals surface area contributed by atoms with Crippen LogP contribution in [-0.2, 0) is 9.59 Å². The fraction of sp³-hybridized carbons (Fsp3) is 0.500. The Bertz CT molecular complexity index is 746. The van der Waals surface area contributed by atoms with Gasteiger partial charge in [-0.2, -0.15) is 0 Å².